The van der Waals surface area contributed by atoms with Crippen molar-refractivity contribution in [1.82, 2.24) is 25.2 Å². The van der Waals surface area contributed by atoms with Crippen LogP contribution >= 0.6 is 0 Å². The van der Waals surface area contributed by atoms with E-state index in [2.05, 4.69) is 26.0 Å². The van der Waals surface area contributed by atoms with Crippen LogP contribution in [0.15, 0.2) is 30.5 Å². The fraction of sp³-hybridized carbons (Fsp3) is 0.423. The maximum absolute atomic E-state index is 14.4. The largest absolute Gasteiger partial charge is 0.482 e. The molecule has 3 amide bonds. The fourth-order valence-electron chi connectivity index (χ4n) is 5.59. The summed E-state index contributed by atoms with van der Waals surface area (Å²) in [5.41, 5.74) is 0.207. The van der Waals surface area contributed by atoms with Crippen LogP contribution < -0.4 is 20.7 Å². The van der Waals surface area contributed by atoms with Gasteiger partial charge in [0.1, 0.15) is 17.1 Å². The first kappa shape index (κ1) is 24.3. The van der Waals surface area contributed by atoms with E-state index >= 15 is 0 Å². The maximum Gasteiger partial charge on any atom is 0.270 e. The Bertz CT molecular complexity index is 1450. The Hall–Kier alpha value is -4.06. The number of anilines is 1. The van der Waals surface area contributed by atoms with Crippen molar-refractivity contribution in [2.24, 2.45) is 5.41 Å². The Morgan fingerprint density at radius 2 is 1.87 bits per heavy atom. The highest BCUT2D eigenvalue weighted by Crippen LogP contribution is 2.51. The Labute approximate surface area is 216 Å². The number of nitrogens with one attached hydrogen (secondary N) is 3. The fourth-order valence-corrected chi connectivity index (χ4v) is 5.59. The molecule has 4 N–H and O–H groups in total. The van der Waals surface area contributed by atoms with E-state index in [1.54, 1.807) is 18.2 Å². The molecule has 0 spiro atoms. The number of benzene rings is 1. The molecule has 2 bridgehead atoms. The molecule has 198 valence electrons. The third-order valence-corrected chi connectivity index (χ3v) is 8.01. The van der Waals surface area contributed by atoms with Crippen molar-refractivity contribution < 1.29 is 28.6 Å². The van der Waals surface area contributed by atoms with E-state index in [4.69, 9.17) is 4.74 Å². The first-order chi connectivity index (χ1) is 18.2. The number of halogens is 1. The van der Waals surface area contributed by atoms with E-state index in [9.17, 15) is 23.9 Å². The third kappa shape index (κ3) is 4.44. The first-order valence-electron chi connectivity index (χ1n) is 12.6. The second kappa shape index (κ2) is 9.05. The van der Waals surface area contributed by atoms with Crippen LogP contribution in [-0.4, -0.2) is 56.2 Å². The van der Waals surface area contributed by atoms with Crippen molar-refractivity contribution in [2.45, 2.75) is 50.7 Å². The van der Waals surface area contributed by atoms with Gasteiger partial charge in [0.15, 0.2) is 18.1 Å². The molecule has 4 aliphatic rings. The topological polar surface area (TPSA) is 147 Å². The molecule has 3 aromatic rings. The van der Waals surface area contributed by atoms with Gasteiger partial charge in [0.25, 0.3) is 17.7 Å². The van der Waals surface area contributed by atoms with Gasteiger partial charge in [-0.15, -0.1) is 0 Å². The second-order valence-corrected chi connectivity index (χ2v) is 10.5. The van der Waals surface area contributed by atoms with E-state index < -0.39 is 23.2 Å². The van der Waals surface area contributed by atoms with Gasteiger partial charge < -0.3 is 25.8 Å². The zero-order valence-corrected chi connectivity index (χ0v) is 20.6. The van der Waals surface area contributed by atoms with E-state index in [1.165, 1.54) is 6.07 Å². The molecule has 3 heterocycles. The van der Waals surface area contributed by atoms with E-state index in [0.29, 0.717) is 23.5 Å². The smallest absolute Gasteiger partial charge is 0.270 e. The molecule has 0 saturated heterocycles. The molecule has 3 fully saturated rings. The number of ether oxygens (including phenoxy) is 1. The zero-order valence-electron chi connectivity index (χ0n) is 20.6. The van der Waals surface area contributed by atoms with Gasteiger partial charge in [-0.3, -0.25) is 14.4 Å². The number of amides is 3. The van der Waals surface area contributed by atoms with Crippen molar-refractivity contribution in [2.75, 3.05) is 18.5 Å². The second-order valence-electron chi connectivity index (χ2n) is 10.5. The van der Waals surface area contributed by atoms with E-state index in [0.717, 1.165) is 49.2 Å². The summed E-state index contributed by atoms with van der Waals surface area (Å²) in [5.74, 6) is -1.57. The number of nitrogens with zero attached hydrogens (tertiary/aromatic N) is 3. The standard InChI is InChI=1S/C26H27FN6O5/c27-16-12-30-33-19(24(36)29-14-25-3-6-26(37,7-4-25)8-5-25)10-18(32-22(16)33)23(35)28-11-15-1-2-20-17(9-15)31-21(34)13-38-20/h1-2,9-10,12,37H,3-8,11,13-14H2,(H,28,35)(H,29,36)(H,31,34). The lowest BCUT2D eigenvalue weighted by Gasteiger charge is -2.51. The molecule has 1 aliphatic heterocycles. The molecule has 1 aromatic carbocycles. The molecular weight excluding hydrogens is 495 g/mol. The lowest BCUT2D eigenvalue weighted by molar-refractivity contribution is -0.118. The van der Waals surface area contributed by atoms with E-state index in [-0.39, 0.29) is 41.5 Å². The van der Waals surface area contributed by atoms with Gasteiger partial charge in [-0.1, -0.05) is 6.07 Å². The minimum Gasteiger partial charge on any atom is -0.482 e. The molecule has 2 aromatic heterocycles. The van der Waals surface area contributed by atoms with Gasteiger partial charge in [0, 0.05) is 19.2 Å². The van der Waals surface area contributed by atoms with Crippen molar-refractivity contribution in [3.8, 4) is 5.75 Å². The van der Waals surface area contributed by atoms with Gasteiger partial charge in [-0.2, -0.15) is 5.10 Å². The number of aliphatic hydroxyl groups is 1. The lowest BCUT2D eigenvalue weighted by Crippen LogP contribution is -2.50. The number of carbonyl (C=O) groups excluding carboxylic acids is 3. The molecule has 38 heavy (non-hydrogen) atoms. The first-order valence-corrected chi connectivity index (χ1v) is 12.6. The van der Waals surface area contributed by atoms with Gasteiger partial charge in [0.05, 0.1) is 17.5 Å². The number of hydrogen-bond donors (Lipinski definition) is 4. The van der Waals surface area contributed by atoms with Crippen LogP contribution in [0.1, 0.15) is 65.1 Å². The Morgan fingerprint density at radius 3 is 2.63 bits per heavy atom. The van der Waals surface area contributed by atoms with Crippen molar-refractivity contribution in [1.29, 1.82) is 0 Å². The monoisotopic (exact) mass is 522 g/mol. The molecule has 12 heteroatoms. The summed E-state index contributed by atoms with van der Waals surface area (Å²) < 4.78 is 20.9. The van der Waals surface area contributed by atoms with Crippen LogP contribution in [0, 0.1) is 11.2 Å². The van der Waals surface area contributed by atoms with Crippen LogP contribution in [-0.2, 0) is 11.3 Å². The van der Waals surface area contributed by atoms with Crippen molar-refractivity contribution in [3.63, 3.8) is 0 Å². The number of rotatable bonds is 6. The number of aromatic nitrogens is 3. The predicted molar refractivity (Wildman–Crippen MR) is 132 cm³/mol. The maximum atomic E-state index is 14.4. The van der Waals surface area contributed by atoms with Gasteiger partial charge in [-0.25, -0.2) is 13.9 Å². The summed E-state index contributed by atoms with van der Waals surface area (Å²) in [4.78, 5) is 41.9. The SMILES string of the molecule is O=C1COc2ccc(CNC(=O)c3cc(C(=O)NCC45CCC(O)(CC4)CC5)n4ncc(F)c4n3)cc2N1. The minimum atomic E-state index is -0.753. The third-order valence-electron chi connectivity index (χ3n) is 8.01. The Morgan fingerprint density at radius 1 is 1.11 bits per heavy atom. The van der Waals surface area contributed by atoms with Gasteiger partial charge in [0.2, 0.25) is 0 Å². The van der Waals surface area contributed by atoms with Crippen LogP contribution in [0.3, 0.4) is 0 Å². The van der Waals surface area contributed by atoms with Crippen LogP contribution in [0.25, 0.3) is 5.65 Å². The molecule has 3 aliphatic carbocycles. The quantitative estimate of drug-likeness (QED) is 0.387. The zero-order chi connectivity index (χ0) is 26.5. The van der Waals surface area contributed by atoms with Crippen LogP contribution in [0.2, 0.25) is 0 Å². The Balaban J connectivity index is 1.18. The number of fused-ring (bicyclic) bond motifs is 5. The molecule has 0 unspecified atom stereocenters. The normalized spacial score (nSPS) is 23.9. The van der Waals surface area contributed by atoms with Gasteiger partial charge in [-0.05, 0) is 61.6 Å². The van der Waals surface area contributed by atoms with Crippen molar-refractivity contribution >= 4 is 29.1 Å². The Kier molecular flexibility index (Phi) is 5.78. The molecule has 3 saturated carbocycles. The average Bonchev–Trinajstić information content (AvgIpc) is 3.31. The number of hydrogen-bond acceptors (Lipinski definition) is 7. The van der Waals surface area contributed by atoms with Gasteiger partial charge >= 0.3 is 0 Å². The average molecular weight is 523 g/mol. The molecular formula is C26H27FN6O5. The highest BCUT2D eigenvalue weighted by Gasteiger charge is 2.47. The molecule has 0 radical (unpaired) electrons. The van der Waals surface area contributed by atoms with Crippen molar-refractivity contribution in [3.05, 3.63) is 53.2 Å². The highest BCUT2D eigenvalue weighted by molar-refractivity contribution is 5.98. The lowest BCUT2D eigenvalue weighted by atomic mass is 9.58. The molecule has 0 atom stereocenters. The number of carbonyl (C=O) groups is 3. The highest BCUT2D eigenvalue weighted by atomic mass is 19.1. The summed E-state index contributed by atoms with van der Waals surface area (Å²) in [6.45, 7) is 0.477. The molecule has 11 nitrogen and oxygen atoms in total. The summed E-state index contributed by atoms with van der Waals surface area (Å²) in [6, 6.07) is 6.43. The van der Waals surface area contributed by atoms with Crippen LogP contribution in [0.5, 0.6) is 5.75 Å². The molecule has 7 rings (SSSR count). The van der Waals surface area contributed by atoms with E-state index in [1.807, 2.05) is 0 Å². The predicted octanol–water partition coefficient (Wildman–Crippen LogP) is 1.94. The summed E-state index contributed by atoms with van der Waals surface area (Å²) in [5, 5.41) is 22.8. The van der Waals surface area contributed by atoms with Crippen LogP contribution in [0.4, 0.5) is 10.1 Å². The minimum absolute atomic E-state index is 0.00258. The summed E-state index contributed by atoms with van der Waals surface area (Å²) >= 11 is 0. The summed E-state index contributed by atoms with van der Waals surface area (Å²) in [6.07, 6.45) is 5.61. The summed E-state index contributed by atoms with van der Waals surface area (Å²) in [7, 11) is 0.